The zero-order valence-corrected chi connectivity index (χ0v) is 14.7. The van der Waals surface area contributed by atoms with Gasteiger partial charge in [-0.25, -0.2) is 9.97 Å². The molecule has 124 valence electrons. The number of hydrogen-bond acceptors (Lipinski definition) is 6. The molecular formula is C19H16N4OS. The molecule has 3 heterocycles. The second kappa shape index (κ2) is 6.49. The Morgan fingerprint density at radius 1 is 1.12 bits per heavy atom. The van der Waals surface area contributed by atoms with Crippen LogP contribution in [-0.2, 0) is 0 Å². The van der Waals surface area contributed by atoms with Gasteiger partial charge in [0.05, 0.1) is 11.6 Å². The van der Waals surface area contributed by atoms with E-state index in [1.54, 1.807) is 17.6 Å². The number of fused-ring (bicyclic) bond motifs is 1. The minimum absolute atomic E-state index is 0.701. The largest absolute Gasteiger partial charge is 0.463 e. The number of nitrogens with one attached hydrogen (secondary N) is 1. The van der Waals surface area contributed by atoms with E-state index in [1.165, 1.54) is 5.56 Å². The van der Waals surface area contributed by atoms with Crippen LogP contribution in [0.4, 0.5) is 5.82 Å². The molecule has 0 aliphatic carbocycles. The molecule has 0 fully saturated rings. The van der Waals surface area contributed by atoms with Crippen LogP contribution < -0.4 is 5.43 Å². The summed E-state index contributed by atoms with van der Waals surface area (Å²) in [5.41, 5.74) is 4.99. The van der Waals surface area contributed by atoms with Gasteiger partial charge in [0, 0.05) is 4.88 Å². The van der Waals surface area contributed by atoms with Crippen molar-refractivity contribution in [2.24, 2.45) is 5.10 Å². The maximum atomic E-state index is 5.36. The number of aryl methyl sites for hydroxylation is 1. The van der Waals surface area contributed by atoms with Crippen molar-refractivity contribution in [3.63, 3.8) is 0 Å². The molecule has 0 amide bonds. The molecule has 0 unspecified atom stereocenters. The third-order valence-electron chi connectivity index (χ3n) is 3.77. The number of benzene rings is 1. The molecule has 1 N–H and O–H groups in total. The average molecular weight is 348 g/mol. The van der Waals surface area contributed by atoms with Gasteiger partial charge in [0.25, 0.3) is 0 Å². The molecule has 0 spiro atoms. The molecule has 0 aliphatic heterocycles. The number of hydrazone groups is 1. The summed E-state index contributed by atoms with van der Waals surface area (Å²) in [5, 5.41) is 5.36. The number of anilines is 1. The van der Waals surface area contributed by atoms with E-state index >= 15 is 0 Å². The van der Waals surface area contributed by atoms with E-state index < -0.39 is 0 Å². The van der Waals surface area contributed by atoms with Crippen LogP contribution >= 0.6 is 11.3 Å². The number of nitrogens with zero attached hydrogens (tertiary/aromatic N) is 3. The van der Waals surface area contributed by atoms with Crippen molar-refractivity contribution in [1.82, 2.24) is 9.97 Å². The summed E-state index contributed by atoms with van der Waals surface area (Å²) < 4.78 is 5.36. The van der Waals surface area contributed by atoms with Gasteiger partial charge in [-0.2, -0.15) is 5.10 Å². The molecule has 4 rings (SSSR count). The fourth-order valence-corrected chi connectivity index (χ4v) is 3.62. The van der Waals surface area contributed by atoms with Crippen molar-refractivity contribution in [2.75, 3.05) is 5.43 Å². The van der Waals surface area contributed by atoms with Crippen molar-refractivity contribution in [3.8, 4) is 10.4 Å². The smallest absolute Gasteiger partial charge is 0.158 e. The minimum Gasteiger partial charge on any atom is -0.463 e. The van der Waals surface area contributed by atoms with E-state index in [1.807, 2.05) is 44.2 Å². The predicted molar refractivity (Wildman–Crippen MR) is 102 cm³/mol. The standard InChI is InChI=1S/C19H16N4OS/c1-12(16-9-6-10-24-16)22-23-18-15-11-17(14-7-4-3-5-8-14)25-19(15)21-13(2)20-18/h3-11H,1-2H3,(H,20,21,23). The Hall–Kier alpha value is -2.99. The number of rotatable bonds is 4. The fraction of sp³-hybridized carbons (Fsp3) is 0.105. The lowest BCUT2D eigenvalue weighted by Crippen LogP contribution is -2.01. The molecule has 0 radical (unpaired) electrons. The zero-order valence-electron chi connectivity index (χ0n) is 13.9. The highest BCUT2D eigenvalue weighted by molar-refractivity contribution is 7.21. The number of hydrogen-bond donors (Lipinski definition) is 1. The summed E-state index contributed by atoms with van der Waals surface area (Å²) in [6, 6.07) is 16.1. The molecule has 0 bridgehead atoms. The third-order valence-corrected chi connectivity index (χ3v) is 4.85. The highest BCUT2D eigenvalue weighted by Crippen LogP contribution is 2.35. The van der Waals surface area contributed by atoms with Gasteiger partial charge in [0.15, 0.2) is 5.82 Å². The van der Waals surface area contributed by atoms with Crippen molar-refractivity contribution >= 4 is 33.1 Å². The van der Waals surface area contributed by atoms with Gasteiger partial charge >= 0.3 is 0 Å². The minimum atomic E-state index is 0.701. The molecule has 3 aromatic heterocycles. The van der Waals surface area contributed by atoms with Gasteiger partial charge in [-0.3, -0.25) is 5.43 Å². The molecule has 0 saturated heterocycles. The molecule has 5 nitrogen and oxygen atoms in total. The van der Waals surface area contributed by atoms with Crippen LogP contribution in [0.25, 0.3) is 20.7 Å². The van der Waals surface area contributed by atoms with Crippen molar-refractivity contribution in [2.45, 2.75) is 13.8 Å². The van der Waals surface area contributed by atoms with E-state index in [2.05, 4.69) is 38.7 Å². The van der Waals surface area contributed by atoms with Crippen molar-refractivity contribution < 1.29 is 4.42 Å². The molecule has 25 heavy (non-hydrogen) atoms. The van der Waals surface area contributed by atoms with Gasteiger partial charge in [-0.05, 0) is 37.6 Å². The molecule has 1 aromatic carbocycles. The highest BCUT2D eigenvalue weighted by atomic mass is 32.1. The Labute approximate surface area is 149 Å². The van der Waals surface area contributed by atoms with Crippen LogP contribution in [0.5, 0.6) is 0 Å². The summed E-state index contributed by atoms with van der Waals surface area (Å²) in [4.78, 5) is 11.2. The first-order chi connectivity index (χ1) is 12.2. The second-order valence-corrected chi connectivity index (χ2v) is 6.63. The summed E-state index contributed by atoms with van der Waals surface area (Å²) >= 11 is 1.65. The van der Waals surface area contributed by atoms with Crippen LogP contribution in [0.2, 0.25) is 0 Å². The Morgan fingerprint density at radius 3 is 2.72 bits per heavy atom. The second-order valence-electron chi connectivity index (χ2n) is 5.60. The fourth-order valence-electron chi connectivity index (χ4n) is 2.53. The molecule has 0 saturated carbocycles. The number of thiophene rings is 1. The van der Waals surface area contributed by atoms with Crippen molar-refractivity contribution in [1.29, 1.82) is 0 Å². The topological polar surface area (TPSA) is 63.3 Å². The van der Waals surface area contributed by atoms with E-state index in [4.69, 9.17) is 4.42 Å². The first kappa shape index (κ1) is 15.5. The SMILES string of the molecule is CC(=NNc1nc(C)nc2sc(-c3ccccc3)cc12)c1ccco1. The maximum Gasteiger partial charge on any atom is 0.158 e. The summed E-state index contributed by atoms with van der Waals surface area (Å²) in [6.45, 7) is 3.77. The van der Waals surface area contributed by atoms with Gasteiger partial charge < -0.3 is 4.42 Å². The zero-order chi connectivity index (χ0) is 17.2. The molecule has 0 aliphatic rings. The van der Waals surface area contributed by atoms with E-state index in [0.717, 1.165) is 26.6 Å². The van der Waals surface area contributed by atoms with Crippen LogP contribution in [0, 0.1) is 6.92 Å². The summed E-state index contributed by atoms with van der Waals surface area (Å²) in [5.74, 6) is 2.14. The molecule has 6 heteroatoms. The Bertz CT molecular complexity index is 1040. The Morgan fingerprint density at radius 2 is 1.96 bits per heavy atom. The first-order valence-electron chi connectivity index (χ1n) is 7.88. The normalized spacial score (nSPS) is 11.8. The van der Waals surface area contributed by atoms with Crippen LogP contribution in [0.15, 0.2) is 64.3 Å². The Kier molecular flexibility index (Phi) is 4.03. The van der Waals surface area contributed by atoms with Crippen LogP contribution in [0.3, 0.4) is 0 Å². The Balaban J connectivity index is 1.73. The lowest BCUT2D eigenvalue weighted by molar-refractivity contribution is 0.557. The number of furan rings is 1. The van der Waals surface area contributed by atoms with Gasteiger partial charge in [0.2, 0.25) is 0 Å². The quantitative estimate of drug-likeness (QED) is 0.412. The van der Waals surface area contributed by atoms with Crippen LogP contribution in [-0.4, -0.2) is 15.7 Å². The third kappa shape index (κ3) is 3.16. The average Bonchev–Trinajstić information content (AvgIpc) is 3.29. The van der Waals surface area contributed by atoms with E-state index in [9.17, 15) is 0 Å². The van der Waals surface area contributed by atoms with E-state index in [-0.39, 0.29) is 0 Å². The molecule has 0 atom stereocenters. The summed E-state index contributed by atoms with van der Waals surface area (Å²) in [7, 11) is 0. The monoisotopic (exact) mass is 348 g/mol. The van der Waals surface area contributed by atoms with Gasteiger partial charge in [-0.1, -0.05) is 30.3 Å². The van der Waals surface area contributed by atoms with Crippen LogP contribution in [0.1, 0.15) is 18.5 Å². The predicted octanol–water partition coefficient (Wildman–Crippen LogP) is 5.10. The van der Waals surface area contributed by atoms with Gasteiger partial charge in [0.1, 0.15) is 22.1 Å². The van der Waals surface area contributed by atoms with Gasteiger partial charge in [-0.15, -0.1) is 11.3 Å². The number of aromatic nitrogens is 2. The summed E-state index contributed by atoms with van der Waals surface area (Å²) in [6.07, 6.45) is 1.63. The lowest BCUT2D eigenvalue weighted by atomic mass is 10.2. The molecule has 4 aromatic rings. The molecular weight excluding hydrogens is 332 g/mol. The highest BCUT2D eigenvalue weighted by Gasteiger charge is 2.11. The maximum absolute atomic E-state index is 5.36. The first-order valence-corrected chi connectivity index (χ1v) is 8.70. The van der Waals surface area contributed by atoms with Crippen molar-refractivity contribution in [3.05, 3.63) is 66.4 Å². The lowest BCUT2D eigenvalue weighted by Gasteiger charge is -2.03. The van der Waals surface area contributed by atoms with E-state index in [0.29, 0.717) is 11.6 Å².